The smallest absolute Gasteiger partial charge is 0.315 e. The van der Waals surface area contributed by atoms with Crippen LogP contribution in [0.1, 0.15) is 105 Å². The average Bonchev–Trinajstić information content (AvgIpc) is 2.87. The van der Waals surface area contributed by atoms with Crippen LogP contribution >= 0.6 is 0 Å². The Balaban J connectivity index is 2.48. The summed E-state index contributed by atoms with van der Waals surface area (Å²) in [5, 5.41) is 11.3. The molecule has 0 spiro atoms. The van der Waals surface area contributed by atoms with Gasteiger partial charge < -0.3 is 21.3 Å². The second-order valence-electron chi connectivity index (χ2n) is 10.7. The quantitative estimate of drug-likeness (QED) is 0.166. The molecule has 0 aromatic heterocycles. The summed E-state index contributed by atoms with van der Waals surface area (Å²) in [7, 11) is 0. The van der Waals surface area contributed by atoms with E-state index in [1.54, 1.807) is 19.1 Å². The summed E-state index contributed by atoms with van der Waals surface area (Å²) in [6.45, 7) is 8.81. The number of rotatable bonds is 16. The van der Waals surface area contributed by atoms with Crippen LogP contribution in [0.4, 0.5) is 4.79 Å². The number of urea groups is 1. The number of ketones is 1. The SMILES string of the molecule is CCCCCCCCCCCCNC(=O)N[C@H](C(=O)C[C@H]1/C=C/CCNC(=O)/C=C/[C@H](C)NC1=O)C(C)C. The number of hydrogen-bond acceptors (Lipinski definition) is 4. The molecule has 8 heteroatoms. The van der Waals surface area contributed by atoms with Gasteiger partial charge in [-0.1, -0.05) is 96.8 Å². The molecule has 38 heavy (non-hydrogen) atoms. The van der Waals surface area contributed by atoms with E-state index in [0.29, 0.717) is 19.5 Å². The average molecular weight is 533 g/mol. The van der Waals surface area contributed by atoms with Crippen LogP contribution in [0.3, 0.4) is 0 Å². The van der Waals surface area contributed by atoms with Crippen LogP contribution < -0.4 is 21.3 Å². The largest absolute Gasteiger partial charge is 0.352 e. The van der Waals surface area contributed by atoms with E-state index >= 15 is 0 Å². The molecule has 216 valence electrons. The zero-order valence-electron chi connectivity index (χ0n) is 24.2. The van der Waals surface area contributed by atoms with Crippen molar-refractivity contribution in [3.8, 4) is 0 Å². The monoisotopic (exact) mass is 532 g/mol. The van der Waals surface area contributed by atoms with E-state index in [1.165, 1.54) is 57.4 Å². The molecule has 0 unspecified atom stereocenters. The summed E-state index contributed by atoms with van der Waals surface area (Å²) in [4.78, 5) is 50.2. The predicted molar refractivity (Wildman–Crippen MR) is 154 cm³/mol. The first-order valence-electron chi connectivity index (χ1n) is 14.7. The van der Waals surface area contributed by atoms with E-state index in [1.807, 2.05) is 19.9 Å². The molecule has 0 radical (unpaired) electrons. The topological polar surface area (TPSA) is 116 Å². The Morgan fingerprint density at radius 3 is 2.24 bits per heavy atom. The van der Waals surface area contributed by atoms with E-state index in [0.717, 1.165) is 12.8 Å². The predicted octanol–water partition coefficient (Wildman–Crippen LogP) is 4.94. The van der Waals surface area contributed by atoms with Crippen molar-refractivity contribution in [2.45, 2.75) is 117 Å². The second kappa shape index (κ2) is 20.3. The van der Waals surface area contributed by atoms with Crippen LogP contribution in [-0.2, 0) is 14.4 Å². The Morgan fingerprint density at radius 1 is 0.974 bits per heavy atom. The molecule has 4 N–H and O–H groups in total. The van der Waals surface area contributed by atoms with Crippen LogP contribution in [0, 0.1) is 11.8 Å². The molecule has 0 saturated heterocycles. The van der Waals surface area contributed by atoms with Gasteiger partial charge in [0.2, 0.25) is 11.8 Å². The van der Waals surface area contributed by atoms with Gasteiger partial charge in [-0.15, -0.1) is 0 Å². The van der Waals surface area contributed by atoms with E-state index < -0.39 is 12.0 Å². The Kier molecular flexibility index (Phi) is 17.9. The lowest BCUT2D eigenvalue weighted by Gasteiger charge is -2.23. The molecule has 1 aliphatic heterocycles. The summed E-state index contributed by atoms with van der Waals surface area (Å²) >= 11 is 0. The summed E-state index contributed by atoms with van der Waals surface area (Å²) in [5.41, 5.74) is 0. The van der Waals surface area contributed by atoms with E-state index in [4.69, 9.17) is 0 Å². The Morgan fingerprint density at radius 2 is 1.61 bits per heavy atom. The molecule has 0 aromatic rings. The maximum atomic E-state index is 13.2. The zero-order chi connectivity index (χ0) is 28.2. The Hall–Kier alpha value is -2.64. The van der Waals surface area contributed by atoms with Crippen LogP contribution in [0.15, 0.2) is 24.3 Å². The molecule has 0 aliphatic carbocycles. The number of unbranched alkanes of at least 4 members (excludes halogenated alkanes) is 9. The third-order valence-electron chi connectivity index (χ3n) is 6.76. The molecular weight excluding hydrogens is 480 g/mol. The molecule has 1 aliphatic rings. The zero-order valence-corrected chi connectivity index (χ0v) is 24.2. The second-order valence-corrected chi connectivity index (χ2v) is 10.7. The first kappa shape index (κ1) is 33.4. The van der Waals surface area contributed by atoms with Crippen LogP contribution in [0.5, 0.6) is 0 Å². The highest BCUT2D eigenvalue weighted by Crippen LogP contribution is 2.14. The van der Waals surface area contributed by atoms with Crippen molar-refractivity contribution in [1.29, 1.82) is 0 Å². The van der Waals surface area contributed by atoms with Crippen molar-refractivity contribution in [3.05, 3.63) is 24.3 Å². The molecule has 1 heterocycles. The summed E-state index contributed by atoms with van der Waals surface area (Å²) < 4.78 is 0. The highest BCUT2D eigenvalue weighted by Gasteiger charge is 2.28. The third-order valence-corrected chi connectivity index (χ3v) is 6.76. The molecule has 0 aromatic carbocycles. The van der Waals surface area contributed by atoms with Gasteiger partial charge in [-0.25, -0.2) is 4.79 Å². The normalized spacial score (nSPS) is 20.9. The van der Waals surface area contributed by atoms with Crippen molar-refractivity contribution in [2.75, 3.05) is 13.1 Å². The molecule has 8 nitrogen and oxygen atoms in total. The van der Waals surface area contributed by atoms with Gasteiger partial charge in [0.1, 0.15) is 0 Å². The minimum absolute atomic E-state index is 0.00724. The lowest BCUT2D eigenvalue weighted by molar-refractivity contribution is -0.129. The molecule has 0 bridgehead atoms. The van der Waals surface area contributed by atoms with Gasteiger partial charge in [-0.05, 0) is 25.7 Å². The number of nitrogens with one attached hydrogen (secondary N) is 4. The molecule has 4 amide bonds. The Labute approximate surface area is 230 Å². The van der Waals surface area contributed by atoms with Crippen LogP contribution in [0.25, 0.3) is 0 Å². The van der Waals surface area contributed by atoms with Crippen LogP contribution in [-0.4, -0.2) is 48.8 Å². The number of Topliss-reactive ketones (excluding diaryl/α,β-unsaturated/α-hetero) is 1. The lowest BCUT2D eigenvalue weighted by atomic mass is 9.91. The summed E-state index contributed by atoms with van der Waals surface area (Å²) in [6, 6.07) is -1.38. The maximum Gasteiger partial charge on any atom is 0.315 e. The van der Waals surface area contributed by atoms with E-state index in [9.17, 15) is 19.2 Å². The number of hydrogen-bond donors (Lipinski definition) is 4. The minimum atomic E-state index is -0.679. The minimum Gasteiger partial charge on any atom is -0.352 e. The fourth-order valence-electron chi connectivity index (χ4n) is 4.43. The van der Waals surface area contributed by atoms with Gasteiger partial charge in [0.25, 0.3) is 0 Å². The number of carbonyl (C=O) groups is 4. The number of carbonyl (C=O) groups excluding carboxylic acids is 4. The fourth-order valence-corrected chi connectivity index (χ4v) is 4.43. The number of amides is 4. The van der Waals surface area contributed by atoms with Gasteiger partial charge >= 0.3 is 6.03 Å². The highest BCUT2D eigenvalue weighted by molar-refractivity contribution is 5.93. The van der Waals surface area contributed by atoms with E-state index in [2.05, 4.69) is 28.2 Å². The van der Waals surface area contributed by atoms with Gasteiger partial charge in [-0.3, -0.25) is 14.4 Å². The van der Waals surface area contributed by atoms with Crippen molar-refractivity contribution >= 4 is 23.6 Å². The molecule has 0 fully saturated rings. The maximum absolute atomic E-state index is 13.2. The van der Waals surface area contributed by atoms with Crippen LogP contribution in [0.2, 0.25) is 0 Å². The van der Waals surface area contributed by atoms with Crippen molar-refractivity contribution in [1.82, 2.24) is 21.3 Å². The highest BCUT2D eigenvalue weighted by atomic mass is 16.2. The van der Waals surface area contributed by atoms with Gasteiger partial charge in [0.05, 0.1) is 12.0 Å². The molecule has 1 rings (SSSR count). The first-order chi connectivity index (χ1) is 18.2. The fraction of sp³-hybridized carbons (Fsp3) is 0.733. The third kappa shape index (κ3) is 15.6. The van der Waals surface area contributed by atoms with Gasteiger partial charge in [-0.2, -0.15) is 0 Å². The lowest BCUT2D eigenvalue weighted by Crippen LogP contribution is -2.49. The first-order valence-corrected chi connectivity index (χ1v) is 14.7. The standard InChI is InChI=1S/C30H52N4O4/c1-5-6-7-8-9-10-11-12-13-15-21-32-30(38)34-28(23(2)3)26(35)22-25-17-14-16-20-31-27(36)19-18-24(4)33-29(25)37/h14,17-19,23-25,28H,5-13,15-16,20-22H2,1-4H3,(H,31,36)(H,33,37)(H2,32,34,38)/b17-14+,19-18+/t24-,25+,28-/m0/s1. The van der Waals surface area contributed by atoms with Crippen molar-refractivity contribution in [2.24, 2.45) is 11.8 Å². The van der Waals surface area contributed by atoms with E-state index in [-0.39, 0.29) is 42.0 Å². The van der Waals surface area contributed by atoms with Gasteiger partial charge in [0.15, 0.2) is 5.78 Å². The van der Waals surface area contributed by atoms with Crippen molar-refractivity contribution in [3.63, 3.8) is 0 Å². The molecule has 3 atom stereocenters. The van der Waals surface area contributed by atoms with Gasteiger partial charge in [0, 0.05) is 31.6 Å². The summed E-state index contributed by atoms with van der Waals surface area (Å²) in [6.07, 6.45) is 19.4. The Bertz CT molecular complexity index is 778. The summed E-state index contributed by atoms with van der Waals surface area (Å²) in [5.74, 6) is -1.42. The molecular formula is C30H52N4O4. The molecule has 0 saturated carbocycles. The van der Waals surface area contributed by atoms with Crippen molar-refractivity contribution < 1.29 is 19.2 Å².